The number of fused-ring (bicyclic) bond motifs is 1. The monoisotopic (exact) mass is 349 g/mol. The number of hydrogen-bond donors (Lipinski definition) is 0. The van der Waals surface area contributed by atoms with Gasteiger partial charge in [-0.15, -0.1) is 11.3 Å². The van der Waals surface area contributed by atoms with Crippen molar-refractivity contribution in [1.29, 1.82) is 0 Å². The van der Waals surface area contributed by atoms with Crippen LogP contribution in [-0.4, -0.2) is 37.2 Å². The Morgan fingerprint density at radius 2 is 2.00 bits per heavy atom. The topological polar surface area (TPSA) is 63.7 Å². The lowest BCUT2D eigenvalue weighted by atomic mass is 9.89. The first kappa shape index (κ1) is 14.9. The molecule has 1 fully saturated rings. The van der Waals surface area contributed by atoms with Crippen LogP contribution >= 0.6 is 11.3 Å². The second-order valence-corrected chi connectivity index (χ2v) is 9.01. The van der Waals surface area contributed by atoms with Gasteiger partial charge in [-0.25, -0.2) is 8.42 Å². The predicted octanol–water partition coefficient (Wildman–Crippen LogP) is 2.55. The molecule has 7 heteroatoms. The first-order chi connectivity index (χ1) is 11.0. The number of benzene rings is 1. The lowest BCUT2D eigenvalue weighted by molar-refractivity contribution is 0.0498. The standard InChI is InChI=1S/C16H15NO4S2/c18-13-10-16(21-14-5-2-1-4-12(13)14)7-8-17(11-16)23(19,20)15-6-3-9-22-15/h1-6,9H,7-8,10-11H2/t16-/m1/s1. The summed E-state index contributed by atoms with van der Waals surface area (Å²) >= 11 is 1.20. The maximum Gasteiger partial charge on any atom is 0.252 e. The van der Waals surface area contributed by atoms with Crippen molar-refractivity contribution in [2.75, 3.05) is 13.1 Å². The van der Waals surface area contributed by atoms with Crippen LogP contribution in [0.5, 0.6) is 5.75 Å². The van der Waals surface area contributed by atoms with Gasteiger partial charge in [-0.2, -0.15) is 4.31 Å². The number of sulfonamides is 1. The first-order valence-electron chi connectivity index (χ1n) is 7.35. The van der Waals surface area contributed by atoms with Gasteiger partial charge >= 0.3 is 0 Å². The molecule has 0 unspecified atom stereocenters. The third-order valence-corrected chi connectivity index (χ3v) is 7.59. The number of para-hydroxylation sites is 1. The second kappa shape index (κ2) is 5.15. The number of hydrogen-bond acceptors (Lipinski definition) is 5. The molecule has 5 nitrogen and oxygen atoms in total. The van der Waals surface area contributed by atoms with E-state index in [1.807, 2.05) is 6.07 Å². The van der Waals surface area contributed by atoms with Gasteiger partial charge in [-0.3, -0.25) is 4.79 Å². The zero-order valence-electron chi connectivity index (χ0n) is 12.3. The smallest absolute Gasteiger partial charge is 0.252 e. The number of rotatable bonds is 2. The summed E-state index contributed by atoms with van der Waals surface area (Å²) in [4.78, 5) is 12.4. The molecule has 0 amide bonds. The third-order valence-electron chi connectivity index (χ3n) is 4.37. The highest BCUT2D eigenvalue weighted by atomic mass is 32.2. The highest BCUT2D eigenvalue weighted by Gasteiger charge is 2.49. The van der Waals surface area contributed by atoms with Crippen molar-refractivity contribution in [2.24, 2.45) is 0 Å². The fraction of sp³-hybridized carbons (Fsp3) is 0.312. The highest BCUT2D eigenvalue weighted by Crippen LogP contribution is 2.40. The van der Waals surface area contributed by atoms with Crippen LogP contribution < -0.4 is 4.74 Å². The van der Waals surface area contributed by atoms with Crippen LogP contribution in [0.3, 0.4) is 0 Å². The van der Waals surface area contributed by atoms with Crippen LogP contribution in [0.1, 0.15) is 23.2 Å². The van der Waals surface area contributed by atoms with Crippen LogP contribution in [-0.2, 0) is 10.0 Å². The molecule has 4 rings (SSSR count). The molecule has 3 heterocycles. The Kier molecular flexibility index (Phi) is 3.33. The quantitative estimate of drug-likeness (QED) is 0.836. The van der Waals surface area contributed by atoms with Gasteiger partial charge in [0.2, 0.25) is 0 Å². The number of Topliss-reactive ketones (excluding diaryl/α,β-unsaturated/α-hetero) is 1. The van der Waals surface area contributed by atoms with Gasteiger partial charge in [-0.1, -0.05) is 18.2 Å². The minimum atomic E-state index is -3.51. The van der Waals surface area contributed by atoms with Crippen LogP contribution in [0.15, 0.2) is 46.0 Å². The molecule has 0 radical (unpaired) electrons. The Labute approximate surface area is 138 Å². The summed E-state index contributed by atoms with van der Waals surface area (Å²) in [5, 5.41) is 1.75. The summed E-state index contributed by atoms with van der Waals surface area (Å²) in [5.41, 5.74) is -0.159. The average Bonchev–Trinajstić information content (AvgIpc) is 3.18. The Bertz CT molecular complexity index is 860. The van der Waals surface area contributed by atoms with Crippen molar-refractivity contribution in [3.8, 4) is 5.75 Å². The summed E-state index contributed by atoms with van der Waals surface area (Å²) in [5.74, 6) is 0.571. The number of carbonyl (C=O) groups excluding carboxylic acids is 1. The van der Waals surface area contributed by atoms with Crippen LogP contribution in [0.2, 0.25) is 0 Å². The van der Waals surface area contributed by atoms with E-state index >= 15 is 0 Å². The van der Waals surface area contributed by atoms with Crippen molar-refractivity contribution < 1.29 is 17.9 Å². The lowest BCUT2D eigenvalue weighted by Crippen LogP contribution is -2.45. The summed E-state index contributed by atoms with van der Waals surface area (Å²) < 4.78 is 33.1. The van der Waals surface area contributed by atoms with Gasteiger partial charge in [0.05, 0.1) is 18.5 Å². The van der Waals surface area contributed by atoms with Crippen molar-refractivity contribution >= 4 is 27.1 Å². The summed E-state index contributed by atoms with van der Waals surface area (Å²) in [7, 11) is -3.51. The average molecular weight is 349 g/mol. The predicted molar refractivity (Wildman–Crippen MR) is 86.4 cm³/mol. The van der Waals surface area contributed by atoms with E-state index in [0.717, 1.165) is 0 Å². The molecular weight excluding hydrogens is 334 g/mol. The lowest BCUT2D eigenvalue weighted by Gasteiger charge is -2.34. The van der Waals surface area contributed by atoms with Crippen LogP contribution in [0, 0.1) is 0 Å². The van der Waals surface area contributed by atoms with E-state index in [1.54, 1.807) is 35.7 Å². The third kappa shape index (κ3) is 2.39. The van der Waals surface area contributed by atoms with Gasteiger partial charge in [0.25, 0.3) is 10.0 Å². The molecule has 0 bridgehead atoms. The van der Waals surface area contributed by atoms with Gasteiger partial charge in [-0.05, 0) is 23.6 Å². The molecule has 0 saturated carbocycles. The van der Waals surface area contributed by atoms with E-state index in [0.29, 0.717) is 28.5 Å². The van der Waals surface area contributed by atoms with E-state index in [-0.39, 0.29) is 18.7 Å². The van der Waals surface area contributed by atoms with E-state index < -0.39 is 15.6 Å². The summed E-state index contributed by atoms with van der Waals surface area (Å²) in [6, 6.07) is 10.5. The molecular formula is C16H15NO4S2. The molecule has 1 spiro atoms. The minimum Gasteiger partial charge on any atom is -0.485 e. The fourth-order valence-electron chi connectivity index (χ4n) is 3.22. The molecule has 1 aromatic heterocycles. The van der Waals surface area contributed by atoms with E-state index in [1.165, 1.54) is 15.6 Å². The molecule has 1 atom stereocenters. The Morgan fingerprint density at radius 3 is 2.78 bits per heavy atom. The molecule has 1 aromatic carbocycles. The maximum atomic E-state index is 12.6. The zero-order chi connectivity index (χ0) is 16.1. The van der Waals surface area contributed by atoms with Crippen molar-refractivity contribution in [3.05, 3.63) is 47.3 Å². The van der Waals surface area contributed by atoms with Gasteiger partial charge < -0.3 is 4.74 Å². The number of nitrogens with zero attached hydrogens (tertiary/aromatic N) is 1. The van der Waals surface area contributed by atoms with E-state index in [4.69, 9.17) is 4.74 Å². The minimum absolute atomic E-state index is 0.0159. The zero-order valence-corrected chi connectivity index (χ0v) is 13.9. The number of carbonyl (C=O) groups is 1. The molecule has 2 aliphatic rings. The van der Waals surface area contributed by atoms with Gasteiger partial charge in [0.1, 0.15) is 15.6 Å². The Hall–Kier alpha value is -1.70. The van der Waals surface area contributed by atoms with Crippen molar-refractivity contribution in [1.82, 2.24) is 4.31 Å². The van der Waals surface area contributed by atoms with Crippen molar-refractivity contribution in [2.45, 2.75) is 22.7 Å². The molecule has 1 saturated heterocycles. The second-order valence-electron chi connectivity index (χ2n) is 5.90. The first-order valence-corrected chi connectivity index (χ1v) is 9.67. The normalized spacial score (nSPS) is 24.6. The summed E-state index contributed by atoms with van der Waals surface area (Å²) in [6.45, 7) is 0.586. The van der Waals surface area contributed by atoms with Crippen molar-refractivity contribution in [3.63, 3.8) is 0 Å². The van der Waals surface area contributed by atoms with Crippen LogP contribution in [0.25, 0.3) is 0 Å². The maximum absolute atomic E-state index is 12.6. The Balaban J connectivity index is 1.63. The van der Waals surface area contributed by atoms with Gasteiger partial charge in [0, 0.05) is 13.0 Å². The van der Waals surface area contributed by atoms with E-state index in [2.05, 4.69) is 0 Å². The molecule has 23 heavy (non-hydrogen) atoms. The summed E-state index contributed by atoms with van der Waals surface area (Å²) in [6.07, 6.45) is 0.748. The SMILES string of the molecule is O=C1C[C@@]2(CCN(S(=O)(=O)c3cccs3)C2)Oc2ccccc21. The number of ketones is 1. The molecule has 2 aliphatic heterocycles. The van der Waals surface area contributed by atoms with Crippen LogP contribution in [0.4, 0.5) is 0 Å². The fourth-order valence-corrected chi connectivity index (χ4v) is 5.88. The highest BCUT2D eigenvalue weighted by molar-refractivity contribution is 7.91. The number of thiophene rings is 1. The largest absolute Gasteiger partial charge is 0.485 e. The molecule has 0 aliphatic carbocycles. The molecule has 2 aromatic rings. The molecule has 120 valence electrons. The Morgan fingerprint density at radius 1 is 1.17 bits per heavy atom. The van der Waals surface area contributed by atoms with E-state index in [9.17, 15) is 13.2 Å². The molecule has 0 N–H and O–H groups in total. The number of ether oxygens (including phenoxy) is 1. The van der Waals surface area contributed by atoms with Gasteiger partial charge in [0.15, 0.2) is 5.78 Å².